The summed E-state index contributed by atoms with van der Waals surface area (Å²) < 4.78 is 50.8. The molecule has 3 amide bonds. The van der Waals surface area contributed by atoms with Crippen molar-refractivity contribution in [1.29, 1.82) is 5.26 Å². The zero-order valence-electron chi connectivity index (χ0n) is 37.4. The van der Waals surface area contributed by atoms with Gasteiger partial charge >= 0.3 is 0 Å². The number of aromatic nitrogens is 6. The predicted octanol–water partition coefficient (Wildman–Crippen LogP) is 6.10. The number of hydrogen-bond acceptors (Lipinski definition) is 12. The molecule has 1 aromatic carbocycles. The van der Waals surface area contributed by atoms with Gasteiger partial charge in [0.1, 0.15) is 34.8 Å². The minimum atomic E-state index is -3.10. The lowest BCUT2D eigenvalue weighted by Gasteiger charge is -2.46. The molecule has 3 N–H and O–H groups in total. The number of likely N-dealkylation sites (tertiary alicyclic amines) is 1. The van der Waals surface area contributed by atoms with E-state index in [-0.39, 0.29) is 54.8 Å². The number of carbonyl (C=O) groups excluding carboxylic acids is 3. The Labute approximate surface area is 385 Å². The number of alkyl halides is 2. The molecule has 16 nitrogen and oxygen atoms in total. The van der Waals surface area contributed by atoms with Crippen molar-refractivity contribution in [1.82, 2.24) is 44.9 Å². The van der Waals surface area contributed by atoms with Gasteiger partial charge in [0, 0.05) is 74.4 Å². The highest BCUT2D eigenvalue weighted by molar-refractivity contribution is 6.01. The van der Waals surface area contributed by atoms with Crippen LogP contribution < -0.4 is 25.8 Å². The first-order valence-corrected chi connectivity index (χ1v) is 23.5. The first-order chi connectivity index (χ1) is 32.4. The SMILES string of the molecule is CCC1(C(=O)NC2CCC2)CCN(c2ccc(-c3nc(-c4cnn(C5CCN([C@H]6CCN(c7ccc(N[C@H]8CCC(=O)NC8=O)cc7F)CC6(F)F)CC5)c4)cn4ncc(C#N)c34)cn2)CC1. The molecule has 1 saturated carbocycles. The smallest absolute Gasteiger partial charge is 0.280 e. The summed E-state index contributed by atoms with van der Waals surface area (Å²) in [4.78, 5) is 52.3. The Kier molecular flexibility index (Phi) is 11.8. The van der Waals surface area contributed by atoms with Crippen molar-refractivity contribution < 1.29 is 27.6 Å². The highest BCUT2D eigenvalue weighted by atomic mass is 19.3. The van der Waals surface area contributed by atoms with E-state index >= 15 is 13.2 Å². The normalized spacial score (nSPS) is 22.6. The molecule has 4 aliphatic heterocycles. The molecule has 0 bridgehead atoms. The zero-order valence-corrected chi connectivity index (χ0v) is 37.4. The lowest BCUT2D eigenvalue weighted by Crippen LogP contribution is -2.59. The van der Waals surface area contributed by atoms with Crippen LogP contribution in [0.25, 0.3) is 28.0 Å². The lowest BCUT2D eigenvalue weighted by atomic mass is 9.74. The summed E-state index contributed by atoms with van der Waals surface area (Å²) in [5.41, 5.74) is 3.60. The minimum Gasteiger partial charge on any atom is -0.374 e. The van der Waals surface area contributed by atoms with Gasteiger partial charge in [-0.05, 0) is 94.5 Å². The first kappa shape index (κ1) is 44.3. The Morgan fingerprint density at radius 3 is 2.40 bits per heavy atom. The molecule has 0 spiro atoms. The van der Waals surface area contributed by atoms with Crippen LogP contribution in [0.4, 0.5) is 30.4 Å². The fourth-order valence-corrected chi connectivity index (χ4v) is 10.5. The second kappa shape index (κ2) is 17.9. The van der Waals surface area contributed by atoms with Gasteiger partial charge in [-0.2, -0.15) is 15.5 Å². The Morgan fingerprint density at radius 1 is 0.925 bits per heavy atom. The number of hydrogen-bond donors (Lipinski definition) is 3. The molecule has 19 heteroatoms. The number of nitrogens with zero attached hydrogens (tertiary/aromatic N) is 10. The molecule has 0 radical (unpaired) electrons. The number of amides is 3. The number of fused-ring (bicyclic) bond motifs is 1. The standard InChI is InChI=1S/C48H54F3N13O3/c1-2-47(46(67)57-33-4-3-5-33)15-20-61(21-16-47)41-10-6-30(24-53-41)43-44-31(23-52)25-55-64(44)28-38(58-43)32-26-54-63(27-32)35-12-17-60(18-13-35)40-14-19-62(29-48(40,50)51)39-9-7-34(22-36(39)49)56-37-8-11-42(65)59-45(37)66/h6-7,9-10,22,24-28,33,35,37,40,56H,2-5,8,11-21,29H2,1H3,(H,57,67)(H,59,65,66)/t37-,40-/m0/s1. The molecule has 10 rings (SSSR count). The maximum Gasteiger partial charge on any atom is 0.280 e. The molecular formula is C48H54F3N13O3. The number of nitriles is 1. The quantitative estimate of drug-likeness (QED) is 0.130. The largest absolute Gasteiger partial charge is 0.374 e. The molecule has 8 heterocycles. The van der Waals surface area contributed by atoms with Crippen LogP contribution in [-0.4, -0.2) is 115 Å². The van der Waals surface area contributed by atoms with Crippen LogP contribution in [0.1, 0.15) is 89.2 Å². The van der Waals surface area contributed by atoms with E-state index < -0.39 is 36.3 Å². The van der Waals surface area contributed by atoms with E-state index in [1.165, 1.54) is 29.7 Å². The summed E-state index contributed by atoms with van der Waals surface area (Å²) in [6.07, 6.45) is 16.2. The van der Waals surface area contributed by atoms with Gasteiger partial charge in [0.15, 0.2) is 0 Å². The number of carbonyl (C=O) groups is 3. The first-order valence-electron chi connectivity index (χ1n) is 23.5. The molecule has 4 saturated heterocycles. The maximum atomic E-state index is 15.9. The topological polar surface area (TPSA) is 182 Å². The van der Waals surface area contributed by atoms with Crippen LogP contribution in [0.5, 0.6) is 0 Å². The summed E-state index contributed by atoms with van der Waals surface area (Å²) >= 11 is 0. The van der Waals surface area contributed by atoms with Crippen LogP contribution in [0, 0.1) is 22.6 Å². The Hall–Kier alpha value is -6.55. The molecule has 5 aromatic rings. The van der Waals surface area contributed by atoms with Crippen LogP contribution in [0.3, 0.4) is 0 Å². The van der Waals surface area contributed by atoms with Crippen LogP contribution in [-0.2, 0) is 14.4 Å². The molecule has 67 heavy (non-hydrogen) atoms. The molecule has 0 unspecified atom stereocenters. The number of pyridine rings is 1. The summed E-state index contributed by atoms with van der Waals surface area (Å²) in [5.74, 6) is -3.60. The number of piperidine rings is 4. The number of benzene rings is 1. The minimum absolute atomic E-state index is 0.0238. The van der Waals surface area contributed by atoms with E-state index in [4.69, 9.17) is 15.1 Å². The Bertz CT molecular complexity index is 2710. The van der Waals surface area contributed by atoms with Gasteiger partial charge in [-0.25, -0.2) is 27.7 Å². The third-order valence-electron chi connectivity index (χ3n) is 14.9. The van der Waals surface area contributed by atoms with Crippen molar-refractivity contribution >= 4 is 40.4 Å². The second-order valence-electron chi connectivity index (χ2n) is 18.8. The van der Waals surface area contributed by atoms with E-state index in [2.05, 4.69) is 38.9 Å². The molecule has 5 aliphatic rings. The fraction of sp³-hybridized carbons (Fsp3) is 0.500. The van der Waals surface area contributed by atoms with Gasteiger partial charge in [-0.3, -0.25) is 29.3 Å². The van der Waals surface area contributed by atoms with Crippen molar-refractivity contribution in [3.63, 3.8) is 0 Å². The summed E-state index contributed by atoms with van der Waals surface area (Å²) in [7, 11) is 0. The van der Waals surface area contributed by atoms with E-state index in [0.717, 1.165) is 62.1 Å². The lowest BCUT2D eigenvalue weighted by molar-refractivity contribution is -0.134. The van der Waals surface area contributed by atoms with Crippen molar-refractivity contribution in [3.05, 3.63) is 72.7 Å². The average Bonchev–Trinajstić information content (AvgIpc) is 3.99. The molecule has 1 aliphatic carbocycles. The number of anilines is 3. The van der Waals surface area contributed by atoms with Crippen LogP contribution in [0.15, 0.2) is 61.3 Å². The number of imide groups is 1. The predicted molar refractivity (Wildman–Crippen MR) is 244 cm³/mol. The second-order valence-corrected chi connectivity index (χ2v) is 18.8. The highest BCUT2D eigenvalue weighted by Gasteiger charge is 2.49. The van der Waals surface area contributed by atoms with E-state index in [0.29, 0.717) is 60.1 Å². The molecule has 4 aromatic heterocycles. The molecule has 2 atom stereocenters. The van der Waals surface area contributed by atoms with E-state index in [1.54, 1.807) is 29.2 Å². The van der Waals surface area contributed by atoms with Crippen molar-refractivity contribution in [2.75, 3.05) is 54.4 Å². The molecular weight excluding hydrogens is 864 g/mol. The summed E-state index contributed by atoms with van der Waals surface area (Å²) in [5, 5.41) is 27.7. The Balaban J connectivity index is 0.776. The molecule has 5 fully saturated rings. The van der Waals surface area contributed by atoms with Gasteiger partial charge < -0.3 is 20.4 Å². The van der Waals surface area contributed by atoms with Gasteiger partial charge in [0.2, 0.25) is 17.7 Å². The highest BCUT2D eigenvalue weighted by Crippen LogP contribution is 2.40. The van der Waals surface area contributed by atoms with Crippen molar-refractivity contribution in [2.45, 2.75) is 108 Å². The maximum absolute atomic E-state index is 15.9. The summed E-state index contributed by atoms with van der Waals surface area (Å²) in [6, 6.07) is 9.00. The number of nitrogens with one attached hydrogen (secondary N) is 3. The fourth-order valence-electron chi connectivity index (χ4n) is 10.5. The summed E-state index contributed by atoms with van der Waals surface area (Å²) in [6.45, 7) is 4.08. The van der Waals surface area contributed by atoms with Gasteiger partial charge in [0.05, 0.1) is 59.7 Å². The van der Waals surface area contributed by atoms with E-state index in [1.807, 2.05) is 27.9 Å². The monoisotopic (exact) mass is 917 g/mol. The molecule has 350 valence electrons. The number of rotatable bonds is 11. The Morgan fingerprint density at radius 2 is 1.73 bits per heavy atom. The van der Waals surface area contributed by atoms with Gasteiger partial charge in [-0.15, -0.1) is 0 Å². The zero-order chi connectivity index (χ0) is 46.5. The van der Waals surface area contributed by atoms with Crippen LogP contribution >= 0.6 is 0 Å². The third-order valence-corrected chi connectivity index (χ3v) is 14.9. The van der Waals surface area contributed by atoms with Crippen LogP contribution in [0.2, 0.25) is 0 Å². The van der Waals surface area contributed by atoms with Gasteiger partial charge in [0.25, 0.3) is 5.92 Å². The average molecular weight is 918 g/mol. The van der Waals surface area contributed by atoms with Crippen molar-refractivity contribution in [2.24, 2.45) is 5.41 Å². The van der Waals surface area contributed by atoms with Gasteiger partial charge in [-0.1, -0.05) is 6.92 Å². The van der Waals surface area contributed by atoms with E-state index in [9.17, 15) is 19.6 Å². The third kappa shape index (κ3) is 8.67. The number of halogens is 3. The van der Waals surface area contributed by atoms with Crippen molar-refractivity contribution in [3.8, 4) is 28.6 Å².